The number of nitrogens with one attached hydrogen (secondary N) is 1. The Morgan fingerprint density at radius 2 is 1.96 bits per heavy atom. The molecular formula is C20H31N3OS. The van der Waals surface area contributed by atoms with Crippen LogP contribution in [-0.4, -0.2) is 60.9 Å². The van der Waals surface area contributed by atoms with Crippen molar-refractivity contribution in [3.05, 3.63) is 41.6 Å². The van der Waals surface area contributed by atoms with Crippen molar-refractivity contribution in [1.29, 1.82) is 0 Å². The van der Waals surface area contributed by atoms with Gasteiger partial charge >= 0.3 is 0 Å². The van der Waals surface area contributed by atoms with Crippen LogP contribution in [0, 0.1) is 0 Å². The van der Waals surface area contributed by atoms with Crippen molar-refractivity contribution >= 4 is 23.4 Å². The van der Waals surface area contributed by atoms with Crippen LogP contribution in [0.5, 0.6) is 0 Å². The van der Waals surface area contributed by atoms with Gasteiger partial charge in [0.25, 0.3) is 5.91 Å². The fraction of sp³-hybridized carbons (Fsp3) is 0.550. The molecule has 1 aromatic rings. The van der Waals surface area contributed by atoms with E-state index >= 15 is 0 Å². The zero-order valence-corrected chi connectivity index (χ0v) is 16.6. The molecule has 0 saturated carbocycles. The Labute approximate surface area is 156 Å². The van der Waals surface area contributed by atoms with Gasteiger partial charge in [-0.2, -0.15) is 11.8 Å². The topological polar surface area (TPSA) is 35.6 Å². The first kappa shape index (κ1) is 19.9. The second-order valence-corrected chi connectivity index (χ2v) is 7.43. The summed E-state index contributed by atoms with van der Waals surface area (Å²) in [6.07, 6.45) is 7.67. The maximum absolute atomic E-state index is 12.4. The van der Waals surface area contributed by atoms with Crippen molar-refractivity contribution < 1.29 is 4.79 Å². The van der Waals surface area contributed by atoms with Crippen LogP contribution in [0.2, 0.25) is 0 Å². The van der Waals surface area contributed by atoms with Crippen LogP contribution in [0.4, 0.5) is 5.69 Å². The lowest BCUT2D eigenvalue weighted by molar-refractivity contribution is -0.125. The minimum absolute atomic E-state index is 0.0894. The van der Waals surface area contributed by atoms with E-state index in [4.69, 9.17) is 0 Å². The predicted octanol–water partition coefficient (Wildman–Crippen LogP) is 3.46. The second kappa shape index (κ2) is 10.5. The SMILES string of the molecule is CCN(C)C(=O)C(=CNc1ccc(CCN2CCCC2)cc1)CSC. The molecular weight excluding hydrogens is 330 g/mol. The van der Waals surface area contributed by atoms with Gasteiger partial charge in [0.2, 0.25) is 0 Å². The molecule has 1 aliphatic rings. The molecule has 0 spiro atoms. The molecule has 0 aliphatic carbocycles. The van der Waals surface area contributed by atoms with Gasteiger partial charge in [0.05, 0.1) is 0 Å². The number of hydrogen-bond acceptors (Lipinski definition) is 4. The fourth-order valence-corrected chi connectivity index (χ4v) is 3.46. The van der Waals surface area contributed by atoms with Gasteiger partial charge in [0.1, 0.15) is 0 Å². The molecule has 1 fully saturated rings. The Kier molecular flexibility index (Phi) is 8.35. The number of hydrogen-bond donors (Lipinski definition) is 1. The highest BCUT2D eigenvalue weighted by molar-refractivity contribution is 7.98. The van der Waals surface area contributed by atoms with Crippen LogP contribution in [-0.2, 0) is 11.2 Å². The number of benzene rings is 1. The van der Waals surface area contributed by atoms with Gasteiger partial charge in [0.15, 0.2) is 0 Å². The van der Waals surface area contributed by atoms with Crippen LogP contribution in [0.25, 0.3) is 0 Å². The molecule has 0 bridgehead atoms. The molecule has 25 heavy (non-hydrogen) atoms. The quantitative estimate of drug-likeness (QED) is 0.683. The molecule has 0 radical (unpaired) electrons. The molecule has 0 unspecified atom stereocenters. The first-order valence-corrected chi connectivity index (χ1v) is 10.5. The van der Waals surface area contributed by atoms with E-state index in [-0.39, 0.29) is 5.91 Å². The third kappa shape index (κ3) is 6.40. The lowest BCUT2D eigenvalue weighted by Crippen LogP contribution is -2.28. The molecule has 1 aliphatic heterocycles. The summed E-state index contributed by atoms with van der Waals surface area (Å²) in [6, 6.07) is 8.56. The predicted molar refractivity (Wildman–Crippen MR) is 109 cm³/mol. The Morgan fingerprint density at radius 1 is 1.28 bits per heavy atom. The molecule has 1 N–H and O–H groups in total. The van der Waals surface area contributed by atoms with Crippen molar-refractivity contribution in [3.8, 4) is 0 Å². The third-order valence-corrected chi connectivity index (χ3v) is 5.28. The highest BCUT2D eigenvalue weighted by Crippen LogP contribution is 2.14. The van der Waals surface area contributed by atoms with E-state index in [9.17, 15) is 4.79 Å². The van der Waals surface area contributed by atoms with E-state index in [0.29, 0.717) is 5.75 Å². The number of likely N-dealkylation sites (N-methyl/N-ethyl adjacent to an activating group) is 1. The zero-order chi connectivity index (χ0) is 18.1. The zero-order valence-electron chi connectivity index (χ0n) is 15.8. The monoisotopic (exact) mass is 361 g/mol. The second-order valence-electron chi connectivity index (χ2n) is 6.56. The van der Waals surface area contributed by atoms with Gasteiger partial charge in [-0.25, -0.2) is 0 Å². The van der Waals surface area contributed by atoms with Gasteiger partial charge < -0.3 is 15.1 Å². The number of rotatable bonds is 9. The smallest absolute Gasteiger partial charge is 0.251 e. The number of amides is 1. The molecule has 2 rings (SSSR count). The van der Waals surface area contributed by atoms with Crippen molar-refractivity contribution in [2.24, 2.45) is 0 Å². The third-order valence-electron chi connectivity index (χ3n) is 4.68. The minimum atomic E-state index is 0.0894. The van der Waals surface area contributed by atoms with Crippen molar-refractivity contribution in [2.45, 2.75) is 26.2 Å². The highest BCUT2D eigenvalue weighted by Gasteiger charge is 2.13. The van der Waals surface area contributed by atoms with Gasteiger partial charge in [0, 0.05) is 43.4 Å². The standard InChI is InChI=1S/C20H31N3OS/c1-4-22(2)20(24)18(16-25-3)15-21-19-9-7-17(8-10-19)11-14-23-12-5-6-13-23/h7-10,15,21H,4-6,11-14,16H2,1-3H3. The normalized spacial score (nSPS) is 15.4. The molecule has 1 aromatic carbocycles. The summed E-state index contributed by atoms with van der Waals surface area (Å²) >= 11 is 1.66. The average Bonchev–Trinajstić information content (AvgIpc) is 3.16. The van der Waals surface area contributed by atoms with Crippen molar-refractivity contribution in [3.63, 3.8) is 0 Å². The Morgan fingerprint density at radius 3 is 2.56 bits per heavy atom. The Hall–Kier alpha value is -1.46. The van der Waals surface area contributed by atoms with E-state index in [2.05, 4.69) is 34.5 Å². The summed E-state index contributed by atoms with van der Waals surface area (Å²) in [5.41, 5.74) is 3.19. The van der Waals surface area contributed by atoms with E-state index in [1.54, 1.807) is 16.7 Å². The molecule has 0 atom stereocenters. The van der Waals surface area contributed by atoms with Crippen LogP contribution < -0.4 is 5.32 Å². The Bertz CT molecular complexity index is 565. The first-order valence-electron chi connectivity index (χ1n) is 9.15. The summed E-state index contributed by atoms with van der Waals surface area (Å²) in [5, 5.41) is 3.28. The van der Waals surface area contributed by atoms with Crippen LogP contribution in [0.3, 0.4) is 0 Å². The number of thioether (sulfide) groups is 1. The van der Waals surface area contributed by atoms with Gasteiger partial charge in [-0.05, 0) is 63.2 Å². The number of nitrogens with zero attached hydrogens (tertiary/aromatic N) is 2. The van der Waals surface area contributed by atoms with Crippen LogP contribution in [0.1, 0.15) is 25.3 Å². The van der Waals surface area contributed by atoms with Crippen molar-refractivity contribution in [1.82, 2.24) is 9.80 Å². The fourth-order valence-electron chi connectivity index (χ4n) is 2.94. The maximum Gasteiger partial charge on any atom is 0.251 e. The lowest BCUT2D eigenvalue weighted by Gasteiger charge is -2.17. The molecule has 1 saturated heterocycles. The molecule has 4 nitrogen and oxygen atoms in total. The van der Waals surface area contributed by atoms with Gasteiger partial charge in [-0.15, -0.1) is 0 Å². The number of likely N-dealkylation sites (tertiary alicyclic amines) is 1. The van der Waals surface area contributed by atoms with Crippen LogP contribution in [0.15, 0.2) is 36.0 Å². The maximum atomic E-state index is 12.4. The molecule has 138 valence electrons. The van der Waals surface area contributed by atoms with Crippen LogP contribution >= 0.6 is 11.8 Å². The van der Waals surface area contributed by atoms with E-state index < -0.39 is 0 Å². The molecule has 5 heteroatoms. The number of carbonyl (C=O) groups is 1. The number of carbonyl (C=O) groups excluding carboxylic acids is 1. The summed E-state index contributed by atoms with van der Waals surface area (Å²) in [5.74, 6) is 0.802. The Balaban J connectivity index is 1.90. The summed E-state index contributed by atoms with van der Waals surface area (Å²) < 4.78 is 0. The lowest BCUT2D eigenvalue weighted by atomic mass is 10.1. The largest absolute Gasteiger partial charge is 0.361 e. The molecule has 1 amide bonds. The molecule has 1 heterocycles. The molecule has 0 aromatic heterocycles. The highest BCUT2D eigenvalue weighted by atomic mass is 32.2. The van der Waals surface area contributed by atoms with E-state index in [1.807, 2.05) is 26.4 Å². The first-order chi connectivity index (χ1) is 12.1. The van der Waals surface area contributed by atoms with Crippen molar-refractivity contribution in [2.75, 3.05) is 50.6 Å². The van der Waals surface area contributed by atoms with Gasteiger partial charge in [-0.1, -0.05) is 12.1 Å². The van der Waals surface area contributed by atoms with E-state index in [1.165, 1.54) is 31.5 Å². The number of anilines is 1. The summed E-state index contributed by atoms with van der Waals surface area (Å²) in [4.78, 5) is 16.6. The summed E-state index contributed by atoms with van der Waals surface area (Å²) in [7, 11) is 1.84. The summed E-state index contributed by atoms with van der Waals surface area (Å²) in [6.45, 7) is 6.37. The van der Waals surface area contributed by atoms with E-state index in [0.717, 1.165) is 30.8 Å². The minimum Gasteiger partial charge on any atom is -0.361 e. The van der Waals surface area contributed by atoms with Gasteiger partial charge in [-0.3, -0.25) is 4.79 Å². The average molecular weight is 362 g/mol.